The lowest BCUT2D eigenvalue weighted by molar-refractivity contribution is -0.139. The minimum absolute atomic E-state index is 0.0636. The summed E-state index contributed by atoms with van der Waals surface area (Å²) in [6.07, 6.45) is 3.87. The second-order valence-corrected chi connectivity index (χ2v) is 8.21. The molecule has 9 nitrogen and oxygen atoms in total. The molecule has 0 saturated carbocycles. The largest absolute Gasteiger partial charge is 0.355 e. The molecule has 1 aromatic carbocycles. The molecule has 2 aromatic heterocycles. The fourth-order valence-corrected chi connectivity index (χ4v) is 4.11. The molecule has 168 valence electrons. The molecule has 1 aliphatic heterocycles. The Kier molecular flexibility index (Phi) is 6.63. The van der Waals surface area contributed by atoms with Gasteiger partial charge in [-0.1, -0.05) is 25.1 Å². The number of nitrogens with zero attached hydrogens (tertiary/aromatic N) is 6. The van der Waals surface area contributed by atoms with Crippen molar-refractivity contribution in [1.82, 2.24) is 24.7 Å². The van der Waals surface area contributed by atoms with E-state index in [-0.39, 0.29) is 24.3 Å². The summed E-state index contributed by atoms with van der Waals surface area (Å²) in [4.78, 5) is 29.7. The summed E-state index contributed by atoms with van der Waals surface area (Å²) in [5, 5.41) is 15.3. The van der Waals surface area contributed by atoms with Crippen molar-refractivity contribution in [2.75, 3.05) is 36.4 Å². The van der Waals surface area contributed by atoms with Crippen LogP contribution < -0.4 is 10.2 Å². The van der Waals surface area contributed by atoms with Crippen LogP contribution in [-0.4, -0.2) is 62.7 Å². The number of benzene rings is 1. The number of nitrogens with one attached hydrogen (secondary N) is 1. The predicted molar refractivity (Wildman–Crippen MR) is 122 cm³/mol. The normalized spacial score (nSPS) is 14.5. The summed E-state index contributed by atoms with van der Waals surface area (Å²) in [5.74, 6) is 0.674. The number of fused-ring (bicyclic) bond motifs is 1. The molecule has 3 heterocycles. The van der Waals surface area contributed by atoms with E-state index in [4.69, 9.17) is 0 Å². The lowest BCUT2D eigenvalue weighted by Gasteiger charge is -2.34. The van der Waals surface area contributed by atoms with Crippen molar-refractivity contribution in [2.45, 2.75) is 33.1 Å². The molecule has 1 N–H and O–H groups in total. The number of amides is 2. The van der Waals surface area contributed by atoms with Crippen molar-refractivity contribution >= 4 is 29.0 Å². The van der Waals surface area contributed by atoms with Gasteiger partial charge in [0.25, 0.3) is 0 Å². The van der Waals surface area contributed by atoms with Crippen LogP contribution in [0.15, 0.2) is 42.7 Å². The highest BCUT2D eigenvalue weighted by atomic mass is 16.2. The highest BCUT2D eigenvalue weighted by Gasteiger charge is 2.30. The van der Waals surface area contributed by atoms with E-state index in [0.29, 0.717) is 12.2 Å². The van der Waals surface area contributed by atoms with Crippen molar-refractivity contribution in [2.24, 2.45) is 5.92 Å². The van der Waals surface area contributed by atoms with Crippen molar-refractivity contribution in [3.8, 4) is 0 Å². The van der Waals surface area contributed by atoms with Crippen LogP contribution in [0.5, 0.6) is 0 Å². The second-order valence-electron chi connectivity index (χ2n) is 8.21. The highest BCUT2D eigenvalue weighted by molar-refractivity contribution is 5.95. The summed E-state index contributed by atoms with van der Waals surface area (Å²) < 4.78 is 1.66. The lowest BCUT2D eigenvalue weighted by Crippen LogP contribution is -2.45. The molecule has 0 unspecified atom stereocenters. The maximum atomic E-state index is 13.2. The Morgan fingerprint density at radius 2 is 1.94 bits per heavy atom. The molecule has 4 rings (SSSR count). The number of hydrogen-bond donors (Lipinski definition) is 1. The Labute approximate surface area is 187 Å². The van der Waals surface area contributed by atoms with Gasteiger partial charge in [0.05, 0.1) is 6.54 Å². The van der Waals surface area contributed by atoms with Crippen LogP contribution in [0.4, 0.5) is 11.5 Å². The van der Waals surface area contributed by atoms with Crippen molar-refractivity contribution in [3.63, 3.8) is 0 Å². The molecule has 0 bridgehead atoms. The van der Waals surface area contributed by atoms with E-state index in [1.165, 1.54) is 0 Å². The number of carbonyl (C=O) groups excluding carboxylic acids is 2. The lowest BCUT2D eigenvalue weighted by atomic mass is 9.95. The molecule has 2 amide bonds. The first-order chi connectivity index (χ1) is 15.5. The van der Waals surface area contributed by atoms with Gasteiger partial charge in [0.1, 0.15) is 12.1 Å². The molecule has 32 heavy (non-hydrogen) atoms. The van der Waals surface area contributed by atoms with E-state index in [9.17, 15) is 9.59 Å². The van der Waals surface area contributed by atoms with Gasteiger partial charge in [0.2, 0.25) is 11.8 Å². The van der Waals surface area contributed by atoms with Crippen LogP contribution in [0.25, 0.3) is 5.65 Å². The second kappa shape index (κ2) is 9.76. The third-order valence-corrected chi connectivity index (χ3v) is 5.87. The predicted octanol–water partition coefficient (Wildman–Crippen LogP) is 2.53. The third kappa shape index (κ3) is 4.87. The van der Waals surface area contributed by atoms with Crippen LogP contribution in [0.2, 0.25) is 0 Å². The topological polar surface area (TPSA) is 95.7 Å². The smallest absolute Gasteiger partial charge is 0.244 e. The van der Waals surface area contributed by atoms with E-state index in [1.807, 2.05) is 50.2 Å². The number of aryl methyl sites for hydroxylation is 1. The Hall–Kier alpha value is -3.49. The Morgan fingerprint density at radius 1 is 1.16 bits per heavy atom. The number of hydrogen-bond acceptors (Lipinski definition) is 6. The van der Waals surface area contributed by atoms with Gasteiger partial charge in [-0.15, -0.1) is 15.3 Å². The Balaban J connectivity index is 1.35. The molecule has 1 fully saturated rings. The Bertz CT molecular complexity index is 1090. The van der Waals surface area contributed by atoms with Crippen molar-refractivity contribution in [1.29, 1.82) is 0 Å². The van der Waals surface area contributed by atoms with Gasteiger partial charge in [-0.3, -0.25) is 9.59 Å². The number of para-hydroxylation sites is 1. The number of anilines is 2. The number of carbonyl (C=O) groups is 2. The van der Waals surface area contributed by atoms with Crippen LogP contribution >= 0.6 is 0 Å². The monoisotopic (exact) mass is 435 g/mol. The van der Waals surface area contributed by atoms with Crippen LogP contribution in [0.1, 0.15) is 31.7 Å². The summed E-state index contributed by atoms with van der Waals surface area (Å²) in [7, 11) is 0. The summed E-state index contributed by atoms with van der Waals surface area (Å²) in [5.41, 5.74) is 2.49. The number of rotatable bonds is 7. The highest BCUT2D eigenvalue weighted by Crippen LogP contribution is 2.24. The van der Waals surface area contributed by atoms with Gasteiger partial charge in [-0.25, -0.2) is 0 Å². The molecule has 1 aliphatic rings. The number of piperidine rings is 1. The molecule has 0 spiro atoms. The quantitative estimate of drug-likeness (QED) is 0.613. The van der Waals surface area contributed by atoms with Crippen molar-refractivity contribution < 1.29 is 9.59 Å². The van der Waals surface area contributed by atoms with E-state index < -0.39 is 0 Å². The fourth-order valence-electron chi connectivity index (χ4n) is 4.11. The maximum absolute atomic E-state index is 13.2. The molecular weight excluding hydrogens is 406 g/mol. The van der Waals surface area contributed by atoms with Crippen LogP contribution in [-0.2, 0) is 9.59 Å². The molecular formula is C23H29N7O2. The summed E-state index contributed by atoms with van der Waals surface area (Å²) in [6, 6.07) is 11.5. The zero-order valence-corrected chi connectivity index (χ0v) is 18.6. The molecule has 0 aliphatic carbocycles. The van der Waals surface area contributed by atoms with E-state index in [1.54, 1.807) is 15.7 Å². The van der Waals surface area contributed by atoms with Crippen LogP contribution in [0, 0.1) is 12.8 Å². The SMILES string of the molecule is CCCN(CC(=O)Nc1ccccc1C)C(=O)C1CCN(c2ccc3nncn3n2)CC1. The first-order valence-electron chi connectivity index (χ1n) is 11.1. The molecule has 0 atom stereocenters. The summed E-state index contributed by atoms with van der Waals surface area (Å²) in [6.45, 7) is 6.11. The van der Waals surface area contributed by atoms with Gasteiger partial charge in [0, 0.05) is 31.2 Å². The van der Waals surface area contributed by atoms with Crippen molar-refractivity contribution in [3.05, 3.63) is 48.3 Å². The molecule has 9 heteroatoms. The molecule has 3 aromatic rings. The van der Waals surface area contributed by atoms with Crippen LogP contribution in [0.3, 0.4) is 0 Å². The first kappa shape index (κ1) is 21.7. The van der Waals surface area contributed by atoms with E-state index >= 15 is 0 Å². The Morgan fingerprint density at radius 3 is 2.69 bits per heavy atom. The fraction of sp³-hybridized carbons (Fsp3) is 0.435. The zero-order chi connectivity index (χ0) is 22.5. The average molecular weight is 436 g/mol. The van der Waals surface area contributed by atoms with E-state index in [2.05, 4.69) is 25.5 Å². The molecule has 1 saturated heterocycles. The maximum Gasteiger partial charge on any atom is 0.244 e. The zero-order valence-electron chi connectivity index (χ0n) is 18.6. The summed E-state index contributed by atoms with van der Waals surface area (Å²) >= 11 is 0. The average Bonchev–Trinajstić information content (AvgIpc) is 3.28. The standard InChI is InChI=1S/C23H29N7O2/c1-3-12-29(15-22(31)25-19-7-5-4-6-17(19)2)23(32)18-10-13-28(14-11-18)21-9-8-20-26-24-16-30(20)27-21/h4-9,16,18H,3,10-15H2,1-2H3,(H,25,31). The first-order valence-corrected chi connectivity index (χ1v) is 11.1. The van der Waals surface area contributed by atoms with E-state index in [0.717, 1.165) is 49.4 Å². The van der Waals surface area contributed by atoms with Gasteiger partial charge >= 0.3 is 0 Å². The van der Waals surface area contributed by atoms with Gasteiger partial charge in [0.15, 0.2) is 5.65 Å². The minimum atomic E-state index is -0.162. The van der Waals surface area contributed by atoms with Gasteiger partial charge < -0.3 is 15.1 Å². The third-order valence-electron chi connectivity index (χ3n) is 5.87. The molecule has 0 radical (unpaired) electrons. The number of aromatic nitrogens is 4. The van der Waals surface area contributed by atoms with Gasteiger partial charge in [-0.05, 0) is 49.9 Å². The van der Waals surface area contributed by atoms with Gasteiger partial charge in [-0.2, -0.15) is 4.52 Å². The minimum Gasteiger partial charge on any atom is -0.355 e.